The van der Waals surface area contributed by atoms with Crippen LogP contribution in [0.2, 0.25) is 0 Å². The average Bonchev–Trinajstić information content (AvgIpc) is 3.07. The summed E-state index contributed by atoms with van der Waals surface area (Å²) in [5.74, 6) is -0.169. The van der Waals surface area contributed by atoms with Crippen LogP contribution in [0.1, 0.15) is 47.8 Å². The van der Waals surface area contributed by atoms with Crippen LogP contribution in [0.25, 0.3) is 0 Å². The van der Waals surface area contributed by atoms with Crippen molar-refractivity contribution in [2.45, 2.75) is 37.4 Å². The van der Waals surface area contributed by atoms with Crippen LogP contribution < -0.4 is 0 Å². The fraction of sp³-hybridized carbons (Fsp3) is 0.300. The predicted octanol–water partition coefficient (Wildman–Crippen LogP) is 3.56. The van der Waals surface area contributed by atoms with Gasteiger partial charge in [0.25, 0.3) is 11.1 Å². The van der Waals surface area contributed by atoms with E-state index in [1.54, 1.807) is 6.07 Å². The lowest BCUT2D eigenvalue weighted by molar-refractivity contribution is 0.0981. The third kappa shape index (κ3) is 2.29. The standard InChI is InChI=1S/C20H19NO3S/c1-19(2,3)15-10-8-13(9-11-15)17-20(25(23)24-21-17)12-14-6-4-5-7-16(14)18(20)22/h4-11H,12H2,1-3H3/t20-,25+/m0/s1. The topological polar surface area (TPSA) is 55.7 Å². The maximum absolute atomic E-state index is 13.1. The number of carbonyl (C=O) groups is 1. The number of fused-ring (bicyclic) bond motifs is 1. The van der Waals surface area contributed by atoms with Crippen molar-refractivity contribution in [2.75, 3.05) is 0 Å². The minimum atomic E-state index is -1.82. The molecule has 1 aliphatic heterocycles. The molecular formula is C20H19NO3S. The minimum absolute atomic E-state index is 0.0342. The zero-order valence-corrected chi connectivity index (χ0v) is 15.2. The third-order valence-corrected chi connectivity index (χ3v) is 6.26. The van der Waals surface area contributed by atoms with Crippen molar-refractivity contribution in [3.63, 3.8) is 0 Å². The summed E-state index contributed by atoms with van der Waals surface area (Å²) in [7, 11) is 0. The highest BCUT2D eigenvalue weighted by atomic mass is 32.2. The van der Waals surface area contributed by atoms with Crippen LogP contribution in [0.5, 0.6) is 0 Å². The summed E-state index contributed by atoms with van der Waals surface area (Å²) < 4.78 is 16.5. The second kappa shape index (κ2) is 5.36. The van der Waals surface area contributed by atoms with Gasteiger partial charge < -0.3 is 0 Å². The molecule has 0 radical (unpaired) electrons. The van der Waals surface area contributed by atoms with Crippen molar-refractivity contribution in [3.05, 3.63) is 70.8 Å². The monoisotopic (exact) mass is 353 g/mol. The normalized spacial score (nSPS) is 25.0. The zero-order valence-electron chi connectivity index (χ0n) is 14.4. The van der Waals surface area contributed by atoms with Crippen molar-refractivity contribution < 1.29 is 13.3 Å². The van der Waals surface area contributed by atoms with Crippen LogP contribution in [-0.2, 0) is 27.2 Å². The number of carbonyl (C=O) groups excluding carboxylic acids is 1. The third-order valence-electron chi connectivity index (χ3n) is 4.96. The van der Waals surface area contributed by atoms with Crippen LogP contribution in [0, 0.1) is 0 Å². The molecule has 2 atom stereocenters. The molecule has 0 bridgehead atoms. The number of hydrogen-bond acceptors (Lipinski definition) is 4. The predicted molar refractivity (Wildman–Crippen MR) is 98.1 cm³/mol. The largest absolute Gasteiger partial charge is 0.292 e. The Morgan fingerprint density at radius 1 is 1.08 bits per heavy atom. The molecule has 2 aromatic rings. The first-order valence-electron chi connectivity index (χ1n) is 8.25. The highest BCUT2D eigenvalue weighted by Gasteiger charge is 2.59. The molecule has 1 heterocycles. The Labute approximate surface area is 149 Å². The molecule has 1 aliphatic carbocycles. The van der Waals surface area contributed by atoms with Gasteiger partial charge in [-0.2, -0.15) is 0 Å². The van der Waals surface area contributed by atoms with Crippen molar-refractivity contribution in [2.24, 2.45) is 5.16 Å². The molecule has 4 rings (SSSR count). The molecule has 0 saturated carbocycles. The van der Waals surface area contributed by atoms with Gasteiger partial charge in [0.1, 0.15) is 5.71 Å². The summed E-state index contributed by atoms with van der Waals surface area (Å²) in [6, 6.07) is 15.3. The average molecular weight is 353 g/mol. The van der Waals surface area contributed by atoms with E-state index in [0.29, 0.717) is 17.7 Å². The van der Waals surface area contributed by atoms with E-state index in [4.69, 9.17) is 4.28 Å². The van der Waals surface area contributed by atoms with Gasteiger partial charge in [0.05, 0.1) is 0 Å². The van der Waals surface area contributed by atoms with Crippen molar-refractivity contribution in [1.82, 2.24) is 0 Å². The van der Waals surface area contributed by atoms with Gasteiger partial charge in [-0.3, -0.25) is 9.08 Å². The molecule has 2 aliphatic rings. The van der Waals surface area contributed by atoms with Crippen molar-refractivity contribution in [3.8, 4) is 0 Å². The molecule has 25 heavy (non-hydrogen) atoms. The highest BCUT2D eigenvalue weighted by Crippen LogP contribution is 2.41. The van der Waals surface area contributed by atoms with Crippen LogP contribution in [-0.4, -0.2) is 20.5 Å². The molecule has 0 amide bonds. The first-order valence-corrected chi connectivity index (χ1v) is 9.33. The van der Waals surface area contributed by atoms with Gasteiger partial charge in [0.2, 0.25) is 0 Å². The van der Waals surface area contributed by atoms with E-state index in [0.717, 1.165) is 11.1 Å². The van der Waals surface area contributed by atoms with Crippen LogP contribution >= 0.6 is 0 Å². The summed E-state index contributed by atoms with van der Waals surface area (Å²) >= 11 is -1.82. The van der Waals surface area contributed by atoms with Gasteiger partial charge in [0.15, 0.2) is 10.5 Å². The summed E-state index contributed by atoms with van der Waals surface area (Å²) in [4.78, 5) is 13.1. The Kier molecular flexibility index (Phi) is 3.48. The fourth-order valence-electron chi connectivity index (χ4n) is 3.49. The van der Waals surface area contributed by atoms with Gasteiger partial charge in [-0.05, 0) is 16.5 Å². The van der Waals surface area contributed by atoms with Crippen molar-refractivity contribution in [1.29, 1.82) is 0 Å². The summed E-state index contributed by atoms with van der Waals surface area (Å²) in [5, 5.41) is 4.04. The van der Waals surface area contributed by atoms with Gasteiger partial charge in [-0.15, -0.1) is 0 Å². The molecule has 2 aromatic carbocycles. The van der Waals surface area contributed by atoms with E-state index in [-0.39, 0.29) is 11.2 Å². The Bertz CT molecular complexity index is 925. The lowest BCUT2D eigenvalue weighted by Gasteiger charge is -2.21. The summed E-state index contributed by atoms with van der Waals surface area (Å²) in [6.45, 7) is 6.43. The van der Waals surface area contributed by atoms with E-state index < -0.39 is 15.8 Å². The van der Waals surface area contributed by atoms with E-state index in [9.17, 15) is 9.00 Å². The van der Waals surface area contributed by atoms with Crippen LogP contribution in [0.15, 0.2) is 53.7 Å². The first kappa shape index (κ1) is 16.2. The van der Waals surface area contributed by atoms with E-state index in [1.165, 1.54) is 5.56 Å². The van der Waals surface area contributed by atoms with Crippen molar-refractivity contribution >= 4 is 22.6 Å². The second-order valence-electron chi connectivity index (χ2n) is 7.57. The first-order chi connectivity index (χ1) is 11.8. The molecule has 0 N–H and O–H groups in total. The van der Waals surface area contributed by atoms with Gasteiger partial charge in [0, 0.05) is 17.5 Å². The molecular weight excluding hydrogens is 334 g/mol. The molecule has 5 heteroatoms. The Morgan fingerprint density at radius 2 is 1.76 bits per heavy atom. The molecule has 0 saturated heterocycles. The lowest BCUT2D eigenvalue weighted by atomic mass is 9.85. The number of nitrogens with zero attached hydrogens (tertiary/aromatic N) is 1. The second-order valence-corrected chi connectivity index (χ2v) is 8.88. The summed E-state index contributed by atoms with van der Waals surface area (Å²) in [5.41, 5.74) is 3.97. The number of Topliss-reactive ketones (excluding diaryl/α,β-unsaturated/α-hetero) is 1. The highest BCUT2D eigenvalue weighted by molar-refractivity contribution is 7.84. The van der Waals surface area contributed by atoms with E-state index in [2.05, 4.69) is 25.9 Å². The Hall–Kier alpha value is -2.27. The molecule has 128 valence electrons. The number of rotatable bonds is 1. The van der Waals surface area contributed by atoms with Gasteiger partial charge in [-0.1, -0.05) is 74.5 Å². The van der Waals surface area contributed by atoms with Crippen LogP contribution in [0.3, 0.4) is 0 Å². The lowest BCUT2D eigenvalue weighted by Crippen LogP contribution is -2.46. The quantitative estimate of drug-likeness (QED) is 0.788. The number of benzene rings is 2. The smallest absolute Gasteiger partial charge is 0.253 e. The van der Waals surface area contributed by atoms with Crippen LogP contribution in [0.4, 0.5) is 0 Å². The molecule has 4 nitrogen and oxygen atoms in total. The SMILES string of the molecule is CC(C)(C)c1ccc(C2=NO[S@@](=O)[C@@]23Cc2ccccc2C3=O)cc1. The molecule has 0 unspecified atom stereocenters. The Morgan fingerprint density at radius 3 is 2.40 bits per heavy atom. The zero-order chi connectivity index (χ0) is 17.8. The number of hydrogen-bond donors (Lipinski definition) is 0. The van der Waals surface area contributed by atoms with E-state index >= 15 is 0 Å². The fourth-order valence-corrected chi connectivity index (χ4v) is 4.61. The number of oxime groups is 1. The molecule has 1 spiro atoms. The maximum Gasteiger partial charge on any atom is 0.253 e. The Balaban J connectivity index is 1.79. The number of ketones is 1. The molecule has 0 fully saturated rings. The molecule has 0 aromatic heterocycles. The van der Waals surface area contributed by atoms with E-state index in [1.807, 2.05) is 42.5 Å². The maximum atomic E-state index is 13.1. The minimum Gasteiger partial charge on any atom is -0.292 e. The van der Waals surface area contributed by atoms with Gasteiger partial charge >= 0.3 is 0 Å². The van der Waals surface area contributed by atoms with Gasteiger partial charge in [-0.25, -0.2) is 4.21 Å². The summed E-state index contributed by atoms with van der Waals surface area (Å²) in [6.07, 6.45) is 0.356.